The summed E-state index contributed by atoms with van der Waals surface area (Å²) in [4.78, 5) is 44.4. The van der Waals surface area contributed by atoms with E-state index in [4.69, 9.17) is 18.9 Å². The van der Waals surface area contributed by atoms with E-state index in [0.29, 0.717) is 6.54 Å². The van der Waals surface area contributed by atoms with Crippen LogP contribution in [-0.2, 0) is 25.6 Å². The van der Waals surface area contributed by atoms with Gasteiger partial charge in [-0.05, 0) is 36.8 Å². The third-order valence-corrected chi connectivity index (χ3v) is 6.44. The van der Waals surface area contributed by atoms with Crippen LogP contribution in [0.15, 0.2) is 71.8 Å². The van der Waals surface area contributed by atoms with Crippen LogP contribution in [0.3, 0.4) is 0 Å². The van der Waals surface area contributed by atoms with E-state index in [1.165, 1.54) is 35.2 Å². The largest absolute Gasteiger partial charge is 0.478 e. The number of pyridine rings is 1. The molecule has 2 aliphatic heterocycles. The van der Waals surface area contributed by atoms with E-state index in [1.807, 2.05) is 36.4 Å². The highest BCUT2D eigenvalue weighted by molar-refractivity contribution is 5.88. The minimum absolute atomic E-state index is 0.0186. The molecule has 214 valence electrons. The number of carbonyl (C=O) groups excluding carboxylic acids is 1. The van der Waals surface area contributed by atoms with Crippen LogP contribution >= 0.6 is 0 Å². The number of ether oxygens (including phenoxy) is 4. The van der Waals surface area contributed by atoms with Gasteiger partial charge in [-0.25, -0.2) is 14.4 Å². The van der Waals surface area contributed by atoms with Crippen LogP contribution in [-0.4, -0.2) is 69.4 Å². The Morgan fingerprint density at radius 1 is 1.10 bits per heavy atom. The molecule has 2 fully saturated rings. The van der Waals surface area contributed by atoms with Crippen molar-refractivity contribution in [2.75, 3.05) is 18.5 Å². The zero-order valence-electron chi connectivity index (χ0n) is 22.1. The molecule has 0 aliphatic carbocycles. The van der Waals surface area contributed by atoms with Crippen molar-refractivity contribution in [3.63, 3.8) is 0 Å². The van der Waals surface area contributed by atoms with Crippen LogP contribution in [0.2, 0.25) is 0 Å². The number of rotatable bonds is 10. The number of benzene rings is 1. The summed E-state index contributed by atoms with van der Waals surface area (Å²) in [6.07, 6.45) is 3.05. The monoisotopic (exact) mass is 563 g/mol. The van der Waals surface area contributed by atoms with Crippen LogP contribution in [0.4, 0.5) is 10.6 Å². The Bertz CT molecular complexity index is 1460. The summed E-state index contributed by atoms with van der Waals surface area (Å²) in [5.41, 5.74) is 0.621. The number of carboxylic acid groups (broad SMARTS) is 1. The molecule has 2 amide bonds. The van der Waals surface area contributed by atoms with Gasteiger partial charge in [0.25, 0.3) is 0 Å². The Balaban J connectivity index is 1.33. The highest BCUT2D eigenvalue weighted by atomic mass is 16.8. The second-order valence-corrected chi connectivity index (χ2v) is 9.21. The molecule has 0 bridgehead atoms. The molecule has 0 saturated carbocycles. The van der Waals surface area contributed by atoms with E-state index in [2.05, 4.69) is 20.6 Å². The summed E-state index contributed by atoms with van der Waals surface area (Å²) in [7, 11) is 0. The van der Waals surface area contributed by atoms with E-state index < -0.39 is 48.5 Å². The van der Waals surface area contributed by atoms with Crippen molar-refractivity contribution in [2.45, 2.75) is 44.4 Å². The minimum Gasteiger partial charge on any atom is -0.478 e. The van der Waals surface area contributed by atoms with E-state index in [9.17, 15) is 19.5 Å². The summed E-state index contributed by atoms with van der Waals surface area (Å²) >= 11 is 0. The van der Waals surface area contributed by atoms with Gasteiger partial charge in [0.1, 0.15) is 24.1 Å². The summed E-state index contributed by atoms with van der Waals surface area (Å²) in [6, 6.07) is 13.6. The van der Waals surface area contributed by atoms with Crippen LogP contribution in [0.25, 0.3) is 6.08 Å². The second kappa shape index (κ2) is 12.8. The number of nitrogens with one attached hydrogen (secondary N) is 2. The van der Waals surface area contributed by atoms with Gasteiger partial charge in [0.05, 0.1) is 24.5 Å². The number of hydrogen-bond donors (Lipinski definition) is 3. The van der Waals surface area contributed by atoms with Crippen molar-refractivity contribution in [3.05, 3.63) is 94.3 Å². The first-order valence-electron chi connectivity index (χ1n) is 13.0. The van der Waals surface area contributed by atoms with Gasteiger partial charge in [0.2, 0.25) is 0 Å². The second-order valence-electron chi connectivity index (χ2n) is 9.21. The van der Waals surface area contributed by atoms with Gasteiger partial charge in [0, 0.05) is 18.9 Å². The molecule has 2 aliphatic rings. The molecule has 13 heteroatoms. The zero-order valence-corrected chi connectivity index (χ0v) is 22.1. The molecule has 3 aromatic rings. The van der Waals surface area contributed by atoms with Gasteiger partial charge in [-0.1, -0.05) is 36.4 Å². The van der Waals surface area contributed by atoms with Crippen molar-refractivity contribution >= 4 is 23.9 Å². The lowest BCUT2D eigenvalue weighted by atomic mass is 10.1. The van der Waals surface area contributed by atoms with E-state index in [0.717, 1.165) is 5.56 Å². The first kappa shape index (κ1) is 28.1. The number of aromatic carboxylic acids is 1. The van der Waals surface area contributed by atoms with Crippen molar-refractivity contribution in [1.82, 2.24) is 19.9 Å². The number of nitrogens with zero attached hydrogens (tertiary/aromatic N) is 3. The number of anilines is 1. The fourth-order valence-electron chi connectivity index (χ4n) is 4.58. The standard InChI is InChI=1S/C28H29N5O8/c1-2-29-27(36)31-21-12-14-33(28(37)32-21)25-24-23(40-22(41-24)11-10-17-7-4-3-5-8-17)20(39-25)16-38-15-19-18(26(34)35)9-6-13-30-19/h3-14,20,22-25H,2,15-16H2,1H3,(H,34,35)(H2,29,31,32,36,37)/t20-,22+,23?,24+,25-/m1/s1. The van der Waals surface area contributed by atoms with Gasteiger partial charge >= 0.3 is 17.7 Å². The van der Waals surface area contributed by atoms with Gasteiger partial charge in [-0.15, -0.1) is 0 Å². The summed E-state index contributed by atoms with van der Waals surface area (Å²) in [6.45, 7) is 2.14. The minimum atomic E-state index is -1.11. The van der Waals surface area contributed by atoms with Gasteiger partial charge < -0.3 is 29.4 Å². The van der Waals surface area contributed by atoms with E-state index in [1.54, 1.807) is 13.0 Å². The average Bonchev–Trinajstić information content (AvgIpc) is 3.52. The third kappa shape index (κ3) is 6.66. The maximum absolute atomic E-state index is 12.9. The van der Waals surface area contributed by atoms with Crippen LogP contribution in [0, 0.1) is 0 Å². The van der Waals surface area contributed by atoms with Crippen molar-refractivity contribution in [2.24, 2.45) is 0 Å². The topological polar surface area (TPSA) is 163 Å². The maximum Gasteiger partial charge on any atom is 0.351 e. The van der Waals surface area contributed by atoms with Gasteiger partial charge in [-0.2, -0.15) is 4.98 Å². The molecule has 13 nitrogen and oxygen atoms in total. The fourth-order valence-corrected chi connectivity index (χ4v) is 4.58. The van der Waals surface area contributed by atoms with Crippen molar-refractivity contribution in [1.29, 1.82) is 0 Å². The summed E-state index contributed by atoms with van der Waals surface area (Å²) in [5, 5.41) is 14.5. The third-order valence-electron chi connectivity index (χ3n) is 6.44. The first-order chi connectivity index (χ1) is 19.9. The molecule has 3 N–H and O–H groups in total. The molecule has 4 heterocycles. The summed E-state index contributed by atoms with van der Waals surface area (Å²) < 4.78 is 25.6. The molecule has 1 unspecified atom stereocenters. The van der Waals surface area contributed by atoms with Crippen molar-refractivity contribution in [3.8, 4) is 0 Å². The predicted molar refractivity (Wildman–Crippen MR) is 145 cm³/mol. The lowest BCUT2D eigenvalue weighted by Crippen LogP contribution is -2.35. The van der Waals surface area contributed by atoms with Crippen LogP contribution < -0.4 is 16.3 Å². The Hall–Kier alpha value is -4.43. The number of amides is 2. The zero-order chi connectivity index (χ0) is 28.8. The Labute approximate surface area is 234 Å². The number of hydrogen-bond acceptors (Lipinski definition) is 9. The highest BCUT2D eigenvalue weighted by Gasteiger charge is 2.53. The van der Waals surface area contributed by atoms with E-state index >= 15 is 0 Å². The van der Waals surface area contributed by atoms with Gasteiger partial charge in [-0.3, -0.25) is 14.9 Å². The molecular weight excluding hydrogens is 534 g/mol. The Morgan fingerprint density at radius 3 is 2.66 bits per heavy atom. The summed E-state index contributed by atoms with van der Waals surface area (Å²) in [5.74, 6) is -1.02. The van der Waals surface area contributed by atoms with E-state index in [-0.39, 0.29) is 30.3 Å². The molecule has 0 spiro atoms. The predicted octanol–water partition coefficient (Wildman–Crippen LogP) is 2.42. The number of fused-ring (bicyclic) bond motifs is 1. The smallest absolute Gasteiger partial charge is 0.351 e. The quantitative estimate of drug-likeness (QED) is 0.334. The van der Waals surface area contributed by atoms with Crippen LogP contribution in [0.1, 0.15) is 34.8 Å². The molecule has 41 heavy (non-hydrogen) atoms. The lowest BCUT2D eigenvalue weighted by molar-refractivity contribution is -0.141. The Morgan fingerprint density at radius 2 is 1.90 bits per heavy atom. The molecule has 5 rings (SSSR count). The number of aromatic nitrogens is 3. The maximum atomic E-state index is 12.9. The van der Waals surface area contributed by atoms with Gasteiger partial charge in [0.15, 0.2) is 12.5 Å². The number of carboxylic acids is 1. The van der Waals surface area contributed by atoms with Crippen LogP contribution in [0.5, 0.6) is 0 Å². The first-order valence-corrected chi connectivity index (χ1v) is 13.0. The molecule has 5 atom stereocenters. The number of carbonyl (C=O) groups is 2. The fraction of sp³-hybridized carbons (Fsp3) is 0.321. The molecule has 1 aromatic carbocycles. The van der Waals surface area contributed by atoms with Crippen molar-refractivity contribution < 1.29 is 33.6 Å². The molecule has 2 saturated heterocycles. The normalized spacial score (nSPS) is 23.4. The SMILES string of the molecule is CCNC(=O)Nc1ccn([C@@H]2O[C@H](COCc3ncccc3C(=O)O)C3O[C@H](C=Cc4ccccc4)O[C@@H]32)c(=O)n1. The lowest BCUT2D eigenvalue weighted by Gasteiger charge is -2.21. The Kier molecular flexibility index (Phi) is 8.79. The molecule has 2 aromatic heterocycles. The molecular formula is C28H29N5O8. The number of urea groups is 1. The highest BCUT2D eigenvalue weighted by Crippen LogP contribution is 2.39. The average molecular weight is 564 g/mol. The molecule has 0 radical (unpaired) electrons.